The van der Waals surface area contributed by atoms with Crippen LogP contribution in [0, 0.1) is 11.3 Å². The molecule has 7 heteroatoms. The fourth-order valence-electron chi connectivity index (χ4n) is 6.14. The molecular formula is C37H20N4OS2. The van der Waals surface area contributed by atoms with Gasteiger partial charge in [-0.15, -0.1) is 22.7 Å². The average molecular weight is 601 g/mol. The second-order valence-corrected chi connectivity index (χ2v) is 12.9. The van der Waals surface area contributed by atoms with E-state index in [0.717, 1.165) is 16.5 Å². The lowest BCUT2D eigenvalue weighted by Crippen LogP contribution is -1.95. The summed E-state index contributed by atoms with van der Waals surface area (Å²) in [5, 5.41) is 15.4. The van der Waals surface area contributed by atoms with Crippen LogP contribution < -0.4 is 0 Å². The first-order valence-electron chi connectivity index (χ1n) is 14.1. The summed E-state index contributed by atoms with van der Waals surface area (Å²) in [4.78, 5) is 12.8. The standard InChI is InChI=1S/C37H20N4OS2/c1-39-19-29-37-36(41-35(18-38)40-29)27-12-8-21(15-30(27)42-37)23-7-11-26-28-14-20(9-13-32(28)44-34(26)17-23)22-6-10-25-24-4-2-3-5-31(24)43-33(25)16-22/h2-17,19H,1H3/b39-19-. The SMILES string of the molecule is C/N=C\c1nc(C#N)nc2c1oc1cc(-c3ccc4c(c3)sc3ccc(-c5ccc6c(c5)sc5ccccc56)cc34)ccc12. The molecule has 4 heterocycles. The smallest absolute Gasteiger partial charge is 0.233 e. The maximum absolute atomic E-state index is 9.42. The van der Waals surface area contributed by atoms with E-state index in [1.807, 2.05) is 40.9 Å². The van der Waals surface area contributed by atoms with Gasteiger partial charge in [0.1, 0.15) is 22.9 Å². The quantitative estimate of drug-likeness (QED) is 0.189. The molecule has 9 aromatic rings. The van der Waals surface area contributed by atoms with Crippen molar-refractivity contribution in [1.29, 1.82) is 5.26 Å². The Labute approximate surface area is 259 Å². The zero-order valence-corrected chi connectivity index (χ0v) is 25.0. The monoisotopic (exact) mass is 600 g/mol. The molecule has 0 aliphatic carbocycles. The maximum Gasteiger partial charge on any atom is 0.233 e. The Morgan fingerprint density at radius 1 is 0.659 bits per heavy atom. The molecule has 9 rings (SSSR count). The number of nitrogens with zero attached hydrogens (tertiary/aromatic N) is 4. The molecule has 0 spiro atoms. The van der Waals surface area contributed by atoms with Gasteiger partial charge in [0.15, 0.2) is 5.58 Å². The Kier molecular flexibility index (Phi) is 5.45. The second-order valence-electron chi connectivity index (χ2n) is 10.8. The highest BCUT2D eigenvalue weighted by Crippen LogP contribution is 2.41. The van der Waals surface area contributed by atoms with Crippen molar-refractivity contribution in [3.8, 4) is 28.3 Å². The number of rotatable bonds is 3. The molecule has 0 saturated carbocycles. The van der Waals surface area contributed by atoms with Crippen LogP contribution in [0.3, 0.4) is 0 Å². The number of fused-ring (bicyclic) bond motifs is 9. The van der Waals surface area contributed by atoms with Crippen LogP contribution in [0.15, 0.2) is 106 Å². The molecule has 0 aliphatic heterocycles. The summed E-state index contributed by atoms with van der Waals surface area (Å²) in [5.41, 5.74) is 6.98. The van der Waals surface area contributed by atoms with E-state index in [2.05, 4.69) is 99.9 Å². The third-order valence-corrected chi connectivity index (χ3v) is 10.5. The van der Waals surface area contributed by atoms with E-state index in [0.29, 0.717) is 22.4 Å². The predicted molar refractivity (Wildman–Crippen MR) is 184 cm³/mol. The summed E-state index contributed by atoms with van der Waals surface area (Å²) in [6.45, 7) is 0. The van der Waals surface area contributed by atoms with Crippen molar-refractivity contribution in [1.82, 2.24) is 9.97 Å². The maximum atomic E-state index is 9.42. The molecule has 0 saturated heterocycles. The van der Waals surface area contributed by atoms with Gasteiger partial charge in [-0.3, -0.25) is 4.99 Å². The molecule has 0 aliphatic rings. The summed E-state index contributed by atoms with van der Waals surface area (Å²) in [6.07, 6.45) is 1.59. The van der Waals surface area contributed by atoms with Crippen LogP contribution in [0.25, 0.3) is 84.7 Å². The van der Waals surface area contributed by atoms with E-state index in [-0.39, 0.29) is 5.82 Å². The molecular weight excluding hydrogens is 581 g/mol. The number of nitriles is 1. The minimum atomic E-state index is 0.0955. The van der Waals surface area contributed by atoms with Crippen molar-refractivity contribution in [3.63, 3.8) is 0 Å². The summed E-state index contributed by atoms with van der Waals surface area (Å²) in [5.74, 6) is 0.0955. The van der Waals surface area contributed by atoms with Crippen LogP contribution in [-0.2, 0) is 0 Å². The number of thiophene rings is 2. The van der Waals surface area contributed by atoms with Gasteiger partial charge in [-0.25, -0.2) is 9.97 Å². The topological polar surface area (TPSA) is 75.1 Å². The van der Waals surface area contributed by atoms with Gasteiger partial charge < -0.3 is 4.42 Å². The zero-order chi connectivity index (χ0) is 29.4. The Morgan fingerprint density at radius 2 is 1.27 bits per heavy atom. The number of hydrogen-bond donors (Lipinski definition) is 0. The van der Waals surface area contributed by atoms with Gasteiger partial charge in [-0.2, -0.15) is 5.26 Å². The molecule has 5 aromatic carbocycles. The second kappa shape index (κ2) is 9.55. The van der Waals surface area contributed by atoms with E-state index in [9.17, 15) is 5.26 Å². The Morgan fingerprint density at radius 3 is 2.02 bits per heavy atom. The molecule has 0 bridgehead atoms. The molecule has 0 atom stereocenters. The van der Waals surface area contributed by atoms with Crippen molar-refractivity contribution < 1.29 is 4.42 Å². The molecule has 0 amide bonds. The van der Waals surface area contributed by atoms with Gasteiger partial charge in [0.25, 0.3) is 0 Å². The van der Waals surface area contributed by atoms with E-state index in [1.165, 1.54) is 51.5 Å². The fourth-order valence-corrected chi connectivity index (χ4v) is 8.42. The highest BCUT2D eigenvalue weighted by Gasteiger charge is 2.16. The van der Waals surface area contributed by atoms with Crippen LogP contribution in [-0.4, -0.2) is 23.2 Å². The lowest BCUT2D eigenvalue weighted by Gasteiger charge is -2.04. The average Bonchev–Trinajstić information content (AvgIpc) is 3.74. The van der Waals surface area contributed by atoms with Crippen LogP contribution in [0.5, 0.6) is 0 Å². The fraction of sp³-hybridized carbons (Fsp3) is 0.0270. The Bertz CT molecular complexity index is 2710. The third-order valence-electron chi connectivity index (χ3n) is 8.21. The number of hydrogen-bond acceptors (Lipinski definition) is 7. The molecule has 206 valence electrons. The molecule has 0 radical (unpaired) electrons. The van der Waals surface area contributed by atoms with E-state index in [4.69, 9.17) is 4.42 Å². The van der Waals surface area contributed by atoms with Crippen LogP contribution >= 0.6 is 22.7 Å². The van der Waals surface area contributed by atoms with Crippen LogP contribution in [0.4, 0.5) is 0 Å². The van der Waals surface area contributed by atoms with Crippen molar-refractivity contribution in [2.75, 3.05) is 7.05 Å². The summed E-state index contributed by atoms with van der Waals surface area (Å²) >= 11 is 3.67. The number of furan rings is 1. The Balaban J connectivity index is 1.12. The van der Waals surface area contributed by atoms with Crippen LogP contribution in [0.2, 0.25) is 0 Å². The summed E-state index contributed by atoms with van der Waals surface area (Å²) < 4.78 is 11.4. The van der Waals surface area contributed by atoms with E-state index < -0.39 is 0 Å². The van der Waals surface area contributed by atoms with E-state index >= 15 is 0 Å². The van der Waals surface area contributed by atoms with Gasteiger partial charge in [0, 0.05) is 52.8 Å². The summed E-state index contributed by atoms with van der Waals surface area (Å²) in [6, 6.07) is 37.1. The number of aromatic nitrogens is 2. The predicted octanol–water partition coefficient (Wildman–Crippen LogP) is 10.4. The van der Waals surface area contributed by atoms with Crippen molar-refractivity contribution in [3.05, 3.63) is 109 Å². The van der Waals surface area contributed by atoms with E-state index in [1.54, 1.807) is 13.3 Å². The summed E-state index contributed by atoms with van der Waals surface area (Å²) in [7, 11) is 1.66. The molecule has 0 unspecified atom stereocenters. The molecule has 44 heavy (non-hydrogen) atoms. The van der Waals surface area contributed by atoms with Gasteiger partial charge in [-0.05, 0) is 64.7 Å². The minimum absolute atomic E-state index is 0.0955. The lowest BCUT2D eigenvalue weighted by molar-refractivity contribution is 0.664. The van der Waals surface area contributed by atoms with Gasteiger partial charge in [0.05, 0.1) is 6.21 Å². The van der Waals surface area contributed by atoms with Crippen LogP contribution in [0.1, 0.15) is 11.5 Å². The van der Waals surface area contributed by atoms with Crippen molar-refractivity contribution in [2.45, 2.75) is 0 Å². The zero-order valence-electron chi connectivity index (χ0n) is 23.3. The van der Waals surface area contributed by atoms with Gasteiger partial charge in [0.2, 0.25) is 5.82 Å². The highest BCUT2D eigenvalue weighted by atomic mass is 32.1. The lowest BCUT2D eigenvalue weighted by atomic mass is 10.00. The largest absolute Gasteiger partial charge is 0.452 e. The Hall–Kier alpha value is -5.42. The first-order chi connectivity index (χ1) is 21.7. The third kappa shape index (κ3) is 3.79. The highest BCUT2D eigenvalue weighted by molar-refractivity contribution is 7.26. The van der Waals surface area contributed by atoms with Crippen molar-refractivity contribution in [2.24, 2.45) is 4.99 Å². The molecule has 0 fully saturated rings. The molecule has 4 aromatic heterocycles. The first-order valence-corrected chi connectivity index (χ1v) is 15.7. The normalized spacial score (nSPS) is 12.1. The first kappa shape index (κ1) is 25.1. The van der Waals surface area contributed by atoms with Gasteiger partial charge >= 0.3 is 0 Å². The molecule has 5 nitrogen and oxygen atoms in total. The minimum Gasteiger partial charge on any atom is -0.452 e. The van der Waals surface area contributed by atoms with Crippen molar-refractivity contribution >= 4 is 91.3 Å². The molecule has 0 N–H and O–H groups in total. The number of benzene rings is 5. The number of aliphatic imine (C=N–C) groups is 1. The van der Waals surface area contributed by atoms with Gasteiger partial charge in [-0.1, -0.05) is 54.6 Å².